The summed E-state index contributed by atoms with van der Waals surface area (Å²) in [5, 5.41) is 0.423. The van der Waals surface area contributed by atoms with E-state index in [1.54, 1.807) is 25.1 Å². The molecule has 0 radical (unpaired) electrons. The van der Waals surface area contributed by atoms with E-state index >= 15 is 0 Å². The van der Waals surface area contributed by atoms with Gasteiger partial charge in [0.1, 0.15) is 0 Å². The van der Waals surface area contributed by atoms with Crippen LogP contribution in [0.3, 0.4) is 0 Å². The van der Waals surface area contributed by atoms with Gasteiger partial charge in [-0.25, -0.2) is 4.79 Å². The molecule has 0 fully saturated rings. The van der Waals surface area contributed by atoms with E-state index in [1.807, 2.05) is 6.92 Å². The summed E-state index contributed by atoms with van der Waals surface area (Å²) in [6.07, 6.45) is 0.712. The van der Waals surface area contributed by atoms with E-state index in [9.17, 15) is 9.59 Å². The molecular weight excluding hydrogens is 333 g/mol. The molecular formula is C13H14Cl2FKO3. The van der Waals surface area contributed by atoms with E-state index in [0.29, 0.717) is 6.42 Å². The fourth-order valence-electron chi connectivity index (χ4n) is 1.27. The number of hydrogen-bond donors (Lipinski definition) is 0. The van der Waals surface area contributed by atoms with Crippen LogP contribution in [0.2, 0.25) is 10.0 Å². The van der Waals surface area contributed by atoms with E-state index in [2.05, 4.69) is 0 Å². The average Bonchev–Trinajstić information content (AvgIpc) is 2.34. The van der Waals surface area contributed by atoms with Crippen molar-refractivity contribution in [3.8, 4) is 0 Å². The standard InChI is InChI=1S/C13H14Cl2O3.FH.K/c1-3-8(2)11(16)7-18-13(17)12-9(14)5-4-6-10(12)15;;/h4-6,8H,3,7H2,1-2H3;1H;/q;;+1/p-1/t8-;;/m0../s1. The molecule has 1 aromatic rings. The van der Waals surface area contributed by atoms with Crippen LogP contribution in [0.4, 0.5) is 0 Å². The Bertz CT molecular complexity index is 449. The molecule has 106 valence electrons. The molecule has 7 heteroatoms. The van der Waals surface area contributed by atoms with Crippen LogP contribution >= 0.6 is 23.2 Å². The number of hydrogen-bond acceptors (Lipinski definition) is 3. The number of Topliss-reactive ketones (excluding diaryl/α,β-unsaturated/α-hetero) is 1. The minimum atomic E-state index is -0.678. The first-order valence-electron chi connectivity index (χ1n) is 5.61. The molecule has 0 saturated heterocycles. The maximum Gasteiger partial charge on any atom is 1.00 e. The van der Waals surface area contributed by atoms with Gasteiger partial charge in [0.2, 0.25) is 0 Å². The molecule has 0 bridgehead atoms. The summed E-state index contributed by atoms with van der Waals surface area (Å²) >= 11 is 11.7. The summed E-state index contributed by atoms with van der Waals surface area (Å²) in [5.41, 5.74) is 0.0952. The van der Waals surface area contributed by atoms with Crippen LogP contribution in [0, 0.1) is 5.92 Å². The van der Waals surface area contributed by atoms with E-state index in [1.165, 1.54) is 0 Å². The molecule has 0 unspecified atom stereocenters. The van der Waals surface area contributed by atoms with E-state index in [4.69, 9.17) is 27.9 Å². The van der Waals surface area contributed by atoms with Crippen LogP contribution in [-0.2, 0) is 9.53 Å². The number of rotatable bonds is 5. The van der Waals surface area contributed by atoms with Crippen LogP contribution in [0.25, 0.3) is 0 Å². The van der Waals surface area contributed by atoms with Gasteiger partial charge in [-0.1, -0.05) is 43.1 Å². The van der Waals surface area contributed by atoms with Crippen molar-refractivity contribution in [1.82, 2.24) is 0 Å². The Kier molecular flexibility index (Phi) is 12.7. The van der Waals surface area contributed by atoms with Gasteiger partial charge in [0.05, 0.1) is 15.6 Å². The molecule has 0 aliphatic rings. The van der Waals surface area contributed by atoms with E-state index in [-0.39, 0.29) is 90.0 Å². The van der Waals surface area contributed by atoms with Crippen molar-refractivity contribution in [1.29, 1.82) is 0 Å². The summed E-state index contributed by atoms with van der Waals surface area (Å²) in [6.45, 7) is 3.43. The zero-order chi connectivity index (χ0) is 13.7. The number of carbonyl (C=O) groups is 2. The van der Waals surface area contributed by atoms with Crippen LogP contribution in [-0.4, -0.2) is 18.4 Å². The molecule has 0 aliphatic carbocycles. The van der Waals surface area contributed by atoms with Gasteiger partial charge >= 0.3 is 57.4 Å². The summed E-state index contributed by atoms with van der Waals surface area (Å²) < 4.78 is 4.92. The maximum absolute atomic E-state index is 11.8. The second-order valence-electron chi connectivity index (χ2n) is 3.95. The van der Waals surface area contributed by atoms with Gasteiger partial charge in [-0.2, -0.15) is 0 Å². The van der Waals surface area contributed by atoms with Crippen LogP contribution in [0.5, 0.6) is 0 Å². The number of ketones is 1. The first kappa shape index (κ1) is 22.8. The van der Waals surface area contributed by atoms with Crippen LogP contribution < -0.4 is 56.1 Å². The van der Waals surface area contributed by atoms with E-state index < -0.39 is 5.97 Å². The van der Waals surface area contributed by atoms with Crippen molar-refractivity contribution < 1.29 is 70.4 Å². The van der Waals surface area contributed by atoms with Gasteiger partial charge < -0.3 is 9.44 Å². The predicted octanol–water partition coefficient (Wildman–Crippen LogP) is -2.23. The van der Waals surface area contributed by atoms with Gasteiger partial charge in [-0.3, -0.25) is 4.79 Å². The number of benzene rings is 1. The maximum atomic E-state index is 11.8. The summed E-state index contributed by atoms with van der Waals surface area (Å²) in [4.78, 5) is 23.3. The van der Waals surface area contributed by atoms with Crippen molar-refractivity contribution in [2.45, 2.75) is 20.3 Å². The van der Waals surface area contributed by atoms with Crippen molar-refractivity contribution >= 4 is 35.0 Å². The Morgan fingerprint density at radius 3 is 2.20 bits per heavy atom. The summed E-state index contributed by atoms with van der Waals surface area (Å²) in [7, 11) is 0. The summed E-state index contributed by atoms with van der Waals surface area (Å²) in [6, 6.07) is 4.72. The second-order valence-corrected chi connectivity index (χ2v) is 4.76. The number of esters is 1. The van der Waals surface area contributed by atoms with Gasteiger partial charge in [-0.05, 0) is 18.6 Å². The van der Waals surface area contributed by atoms with Crippen molar-refractivity contribution in [3.63, 3.8) is 0 Å². The summed E-state index contributed by atoms with van der Waals surface area (Å²) in [5.74, 6) is -0.921. The topological polar surface area (TPSA) is 43.4 Å². The molecule has 1 rings (SSSR count). The normalized spacial score (nSPS) is 10.8. The molecule has 0 aromatic heterocycles. The monoisotopic (exact) mass is 346 g/mol. The quantitative estimate of drug-likeness (QED) is 0.448. The Balaban J connectivity index is 0. The largest absolute Gasteiger partial charge is 1.00 e. The minimum absolute atomic E-state index is 0. The first-order valence-corrected chi connectivity index (χ1v) is 6.36. The molecule has 3 nitrogen and oxygen atoms in total. The van der Waals surface area contributed by atoms with Crippen molar-refractivity contribution in [3.05, 3.63) is 33.8 Å². The Labute approximate surface area is 170 Å². The predicted molar refractivity (Wildman–Crippen MR) is 71.2 cm³/mol. The van der Waals surface area contributed by atoms with Crippen LogP contribution in [0.15, 0.2) is 18.2 Å². The molecule has 0 saturated carbocycles. The molecule has 1 atom stereocenters. The molecule has 1 aromatic carbocycles. The molecule has 0 spiro atoms. The molecule has 0 aliphatic heterocycles. The van der Waals surface area contributed by atoms with Gasteiger partial charge in [0, 0.05) is 5.92 Å². The Morgan fingerprint density at radius 2 is 1.75 bits per heavy atom. The van der Waals surface area contributed by atoms with Crippen LogP contribution in [0.1, 0.15) is 30.6 Å². The number of carbonyl (C=O) groups excluding carboxylic acids is 2. The third kappa shape index (κ3) is 6.51. The first-order chi connectivity index (χ1) is 8.47. The fraction of sp³-hybridized carbons (Fsp3) is 0.385. The minimum Gasteiger partial charge on any atom is -1.00 e. The number of ether oxygens (including phenoxy) is 1. The zero-order valence-electron chi connectivity index (χ0n) is 11.6. The smallest absolute Gasteiger partial charge is 1.00 e. The fourth-order valence-corrected chi connectivity index (χ4v) is 1.82. The number of halogens is 3. The Morgan fingerprint density at radius 1 is 1.25 bits per heavy atom. The van der Waals surface area contributed by atoms with Gasteiger partial charge in [-0.15, -0.1) is 0 Å². The molecule has 0 heterocycles. The second kappa shape index (κ2) is 11.1. The third-order valence-electron chi connectivity index (χ3n) is 2.67. The molecule has 0 N–H and O–H groups in total. The average molecular weight is 347 g/mol. The molecule has 0 amide bonds. The molecule has 20 heavy (non-hydrogen) atoms. The van der Waals surface area contributed by atoms with Gasteiger partial charge in [0.25, 0.3) is 0 Å². The third-order valence-corrected chi connectivity index (χ3v) is 3.30. The van der Waals surface area contributed by atoms with E-state index in [0.717, 1.165) is 0 Å². The van der Waals surface area contributed by atoms with Crippen molar-refractivity contribution in [2.24, 2.45) is 5.92 Å². The Hall–Kier alpha value is 0.506. The van der Waals surface area contributed by atoms with Gasteiger partial charge in [0.15, 0.2) is 12.4 Å². The van der Waals surface area contributed by atoms with Crippen molar-refractivity contribution in [2.75, 3.05) is 6.61 Å². The SMILES string of the molecule is CC[C@H](C)C(=O)COC(=O)c1c(Cl)cccc1Cl.[F-].[K+]. The zero-order valence-corrected chi connectivity index (χ0v) is 16.2.